The molecule has 0 radical (unpaired) electrons. The molecular weight excluding hydrogens is 346 g/mol. The van der Waals surface area contributed by atoms with Crippen LogP contribution in [0.4, 0.5) is 11.4 Å². The van der Waals surface area contributed by atoms with Crippen molar-refractivity contribution in [2.75, 3.05) is 43.6 Å². The van der Waals surface area contributed by atoms with Gasteiger partial charge < -0.3 is 24.4 Å². The van der Waals surface area contributed by atoms with Gasteiger partial charge in [0.1, 0.15) is 11.4 Å². The number of methoxy groups -OCH3 is 1. The summed E-state index contributed by atoms with van der Waals surface area (Å²) in [4.78, 5) is 19.0. The fourth-order valence-corrected chi connectivity index (χ4v) is 3.47. The standard InChI is InChI=1S/C20H23N3O4/c1-25-17-5-2-15(3-6-17)22-19(24)18-7-4-16(14-21-18)23-10-8-20(9-11-23)26-12-13-27-20/h2-7,14H,8-13H2,1H3,(H,22,24). The minimum atomic E-state index is -0.387. The van der Waals surface area contributed by atoms with E-state index in [0.717, 1.165) is 37.4 Å². The van der Waals surface area contributed by atoms with Crippen LogP contribution < -0.4 is 15.0 Å². The maximum Gasteiger partial charge on any atom is 0.274 e. The van der Waals surface area contributed by atoms with Crippen LogP contribution in [0.5, 0.6) is 5.75 Å². The molecule has 2 aliphatic rings. The highest BCUT2D eigenvalue weighted by molar-refractivity contribution is 6.02. The molecule has 7 heteroatoms. The van der Waals surface area contributed by atoms with Gasteiger partial charge in [-0.3, -0.25) is 4.79 Å². The number of nitrogens with one attached hydrogen (secondary N) is 1. The first kappa shape index (κ1) is 17.8. The van der Waals surface area contributed by atoms with Crippen LogP contribution >= 0.6 is 0 Å². The first-order valence-electron chi connectivity index (χ1n) is 9.12. The predicted molar refractivity (Wildman–Crippen MR) is 101 cm³/mol. The van der Waals surface area contributed by atoms with E-state index in [1.54, 1.807) is 43.6 Å². The number of carbonyl (C=O) groups excluding carboxylic acids is 1. The van der Waals surface area contributed by atoms with Gasteiger partial charge in [-0.2, -0.15) is 0 Å². The second kappa shape index (κ2) is 7.54. The highest BCUT2D eigenvalue weighted by atomic mass is 16.7. The quantitative estimate of drug-likeness (QED) is 0.893. The fourth-order valence-electron chi connectivity index (χ4n) is 3.47. The molecule has 4 rings (SSSR count). The molecule has 1 spiro atoms. The Morgan fingerprint density at radius 3 is 2.41 bits per heavy atom. The highest BCUT2D eigenvalue weighted by Crippen LogP contribution is 2.33. The molecule has 1 N–H and O–H groups in total. The van der Waals surface area contributed by atoms with Gasteiger partial charge in [0.2, 0.25) is 0 Å². The summed E-state index contributed by atoms with van der Waals surface area (Å²) in [5.74, 6) is 0.117. The second-order valence-corrected chi connectivity index (χ2v) is 6.68. The van der Waals surface area contributed by atoms with E-state index < -0.39 is 0 Å². The summed E-state index contributed by atoms with van der Waals surface area (Å²) in [6.07, 6.45) is 3.43. The number of rotatable bonds is 4. The molecular formula is C20H23N3O4. The topological polar surface area (TPSA) is 72.9 Å². The van der Waals surface area contributed by atoms with Crippen LogP contribution in [0.2, 0.25) is 0 Å². The Morgan fingerprint density at radius 1 is 1.11 bits per heavy atom. The van der Waals surface area contributed by atoms with Gasteiger partial charge in [-0.05, 0) is 36.4 Å². The van der Waals surface area contributed by atoms with Gasteiger partial charge in [0, 0.05) is 31.6 Å². The third-order valence-electron chi connectivity index (χ3n) is 5.03. The minimum Gasteiger partial charge on any atom is -0.497 e. The van der Waals surface area contributed by atoms with Crippen LogP contribution in [0.3, 0.4) is 0 Å². The summed E-state index contributed by atoms with van der Waals surface area (Å²) >= 11 is 0. The molecule has 0 atom stereocenters. The lowest BCUT2D eigenvalue weighted by Crippen LogP contribution is -2.45. The normalized spacial score (nSPS) is 18.5. The molecule has 2 saturated heterocycles. The third kappa shape index (κ3) is 3.89. The fraction of sp³-hybridized carbons (Fsp3) is 0.400. The monoisotopic (exact) mass is 369 g/mol. The highest BCUT2D eigenvalue weighted by Gasteiger charge is 2.39. The Kier molecular flexibility index (Phi) is 4.96. The van der Waals surface area contributed by atoms with Crippen LogP contribution in [-0.2, 0) is 9.47 Å². The van der Waals surface area contributed by atoms with Gasteiger partial charge in [-0.15, -0.1) is 0 Å². The van der Waals surface area contributed by atoms with Crippen LogP contribution in [0.1, 0.15) is 23.3 Å². The molecule has 2 fully saturated rings. The summed E-state index contributed by atoms with van der Waals surface area (Å²) in [5.41, 5.74) is 2.08. The van der Waals surface area contributed by atoms with E-state index in [-0.39, 0.29) is 11.7 Å². The number of hydrogen-bond acceptors (Lipinski definition) is 6. The maximum absolute atomic E-state index is 12.4. The molecule has 0 aliphatic carbocycles. The van der Waals surface area contributed by atoms with Crippen molar-refractivity contribution in [2.45, 2.75) is 18.6 Å². The molecule has 0 unspecified atom stereocenters. The third-order valence-corrected chi connectivity index (χ3v) is 5.03. The van der Waals surface area contributed by atoms with Gasteiger partial charge in [-0.1, -0.05) is 0 Å². The summed E-state index contributed by atoms with van der Waals surface area (Å²) in [5, 5.41) is 2.84. The van der Waals surface area contributed by atoms with Crippen molar-refractivity contribution in [3.63, 3.8) is 0 Å². The van der Waals surface area contributed by atoms with Gasteiger partial charge >= 0.3 is 0 Å². The lowest BCUT2D eigenvalue weighted by Gasteiger charge is -2.38. The number of ether oxygens (including phenoxy) is 3. The van der Waals surface area contributed by atoms with Crippen molar-refractivity contribution in [2.24, 2.45) is 0 Å². The van der Waals surface area contributed by atoms with Crippen LogP contribution in [-0.4, -0.2) is 50.1 Å². The summed E-state index contributed by atoms with van der Waals surface area (Å²) < 4.78 is 16.6. The average molecular weight is 369 g/mol. The molecule has 27 heavy (non-hydrogen) atoms. The lowest BCUT2D eigenvalue weighted by atomic mass is 10.0. The first-order valence-corrected chi connectivity index (χ1v) is 9.12. The van der Waals surface area contributed by atoms with E-state index in [9.17, 15) is 4.79 Å². The van der Waals surface area contributed by atoms with Gasteiger partial charge in [0.25, 0.3) is 5.91 Å². The molecule has 1 amide bonds. The number of benzene rings is 1. The number of carbonyl (C=O) groups is 1. The number of hydrogen-bond donors (Lipinski definition) is 1. The Morgan fingerprint density at radius 2 is 1.81 bits per heavy atom. The molecule has 0 bridgehead atoms. The molecule has 1 aromatic carbocycles. The van der Waals surface area contributed by atoms with Crippen molar-refractivity contribution >= 4 is 17.3 Å². The van der Waals surface area contributed by atoms with Gasteiger partial charge in [0.05, 0.1) is 32.2 Å². The lowest BCUT2D eigenvalue weighted by molar-refractivity contribution is -0.169. The van der Waals surface area contributed by atoms with E-state index in [0.29, 0.717) is 24.6 Å². The molecule has 2 aromatic rings. The Bertz CT molecular complexity index is 776. The van der Waals surface area contributed by atoms with E-state index in [4.69, 9.17) is 14.2 Å². The summed E-state index contributed by atoms with van der Waals surface area (Å²) in [6, 6.07) is 10.9. The number of anilines is 2. The Labute approximate surface area is 158 Å². The Balaban J connectivity index is 1.36. The molecule has 0 saturated carbocycles. The van der Waals surface area contributed by atoms with Crippen molar-refractivity contribution in [3.05, 3.63) is 48.3 Å². The summed E-state index contributed by atoms with van der Waals surface area (Å²) in [7, 11) is 1.61. The molecule has 2 aliphatic heterocycles. The van der Waals surface area contributed by atoms with Gasteiger partial charge in [-0.25, -0.2) is 4.98 Å². The molecule has 3 heterocycles. The molecule has 142 valence electrons. The van der Waals surface area contributed by atoms with E-state index >= 15 is 0 Å². The van der Waals surface area contributed by atoms with Crippen molar-refractivity contribution < 1.29 is 19.0 Å². The van der Waals surface area contributed by atoms with Crippen LogP contribution in [0.15, 0.2) is 42.6 Å². The second-order valence-electron chi connectivity index (χ2n) is 6.68. The number of piperidine rings is 1. The number of nitrogens with zero attached hydrogens (tertiary/aromatic N) is 2. The van der Waals surface area contributed by atoms with E-state index in [1.165, 1.54) is 0 Å². The van der Waals surface area contributed by atoms with Crippen molar-refractivity contribution in [1.29, 1.82) is 0 Å². The van der Waals surface area contributed by atoms with Crippen LogP contribution in [0.25, 0.3) is 0 Å². The zero-order valence-corrected chi connectivity index (χ0v) is 15.3. The zero-order chi connectivity index (χ0) is 18.7. The Hall–Kier alpha value is -2.64. The predicted octanol–water partition coefficient (Wildman–Crippen LogP) is 2.69. The van der Waals surface area contributed by atoms with Crippen molar-refractivity contribution in [3.8, 4) is 5.75 Å². The average Bonchev–Trinajstić information content (AvgIpc) is 3.17. The van der Waals surface area contributed by atoms with Crippen LogP contribution in [0, 0.1) is 0 Å². The maximum atomic E-state index is 12.4. The van der Waals surface area contributed by atoms with Crippen molar-refractivity contribution in [1.82, 2.24) is 4.98 Å². The zero-order valence-electron chi connectivity index (χ0n) is 15.3. The SMILES string of the molecule is COc1ccc(NC(=O)c2ccc(N3CCC4(CC3)OCCO4)cn2)cc1. The number of pyridine rings is 1. The smallest absolute Gasteiger partial charge is 0.274 e. The van der Waals surface area contributed by atoms with E-state index in [1.807, 2.05) is 6.07 Å². The number of amides is 1. The summed E-state index contributed by atoms with van der Waals surface area (Å²) in [6.45, 7) is 3.05. The largest absolute Gasteiger partial charge is 0.497 e. The van der Waals surface area contributed by atoms with E-state index in [2.05, 4.69) is 15.2 Å². The molecule has 1 aromatic heterocycles. The first-order chi connectivity index (χ1) is 13.2. The van der Waals surface area contributed by atoms with Gasteiger partial charge in [0.15, 0.2) is 5.79 Å². The molecule has 7 nitrogen and oxygen atoms in total. The minimum absolute atomic E-state index is 0.239. The number of aromatic nitrogens is 1.